The molecule has 3 rings (SSSR count). The first-order valence-corrected chi connectivity index (χ1v) is 7.01. The number of benzene rings is 2. The molecule has 1 amide bonds. The third-order valence-electron chi connectivity index (χ3n) is 4.25. The quantitative estimate of drug-likeness (QED) is 0.770. The smallest absolute Gasteiger partial charge is 0.239 e. The monoisotopic (exact) mass is 281 g/mol. The second kappa shape index (κ2) is 4.90. The zero-order valence-electron chi connectivity index (χ0n) is 12.3. The minimum atomic E-state index is -0.787. The van der Waals surface area contributed by atoms with Gasteiger partial charge >= 0.3 is 0 Å². The number of amides is 1. The Kier molecular flexibility index (Phi) is 3.18. The zero-order chi connectivity index (χ0) is 15.0. The Labute approximate surface area is 123 Å². The van der Waals surface area contributed by atoms with Crippen LogP contribution in [-0.4, -0.2) is 23.1 Å². The maximum absolute atomic E-state index is 11.8. The third-order valence-corrected chi connectivity index (χ3v) is 4.25. The fourth-order valence-electron chi connectivity index (χ4n) is 2.77. The number of primary amides is 1. The number of likely N-dealkylation sites (N-methyl/N-ethyl adjacent to an activating group) is 1. The van der Waals surface area contributed by atoms with Gasteiger partial charge in [-0.2, -0.15) is 0 Å². The molecule has 0 aliphatic heterocycles. The summed E-state index contributed by atoms with van der Waals surface area (Å²) >= 11 is 0. The Morgan fingerprint density at radius 1 is 1.10 bits per heavy atom. The van der Waals surface area contributed by atoms with Crippen molar-refractivity contribution in [2.24, 2.45) is 5.73 Å². The van der Waals surface area contributed by atoms with Crippen LogP contribution in [0.3, 0.4) is 0 Å². The number of nitrogens with zero attached hydrogens (tertiary/aromatic N) is 1. The maximum atomic E-state index is 11.8. The molecule has 0 bridgehead atoms. The summed E-state index contributed by atoms with van der Waals surface area (Å²) in [6, 6.07) is 16.5. The fourth-order valence-corrected chi connectivity index (χ4v) is 2.77. The minimum absolute atomic E-state index is 0.355. The van der Waals surface area contributed by atoms with Crippen LogP contribution in [0.1, 0.15) is 6.92 Å². The number of para-hydroxylation sites is 2. The standard InChI is InChI=1S/C17H19N3O/c1-17(19-2,16(18)21)11-20-14-9-5-3-7-12(14)13-8-4-6-10-15(13)20/h3-10,19H,11H2,1-2H3,(H2,18,21). The Hall–Kier alpha value is -2.33. The van der Waals surface area contributed by atoms with Crippen molar-refractivity contribution in [3.8, 4) is 0 Å². The molecule has 1 aromatic heterocycles. The molecule has 1 atom stereocenters. The van der Waals surface area contributed by atoms with Crippen LogP contribution in [0, 0.1) is 0 Å². The van der Waals surface area contributed by atoms with Crippen molar-refractivity contribution in [2.75, 3.05) is 7.05 Å². The van der Waals surface area contributed by atoms with Crippen LogP contribution in [0.5, 0.6) is 0 Å². The van der Waals surface area contributed by atoms with Gasteiger partial charge in [0, 0.05) is 21.8 Å². The molecule has 0 saturated carbocycles. The lowest BCUT2D eigenvalue weighted by Gasteiger charge is -2.27. The molecule has 3 aromatic rings. The van der Waals surface area contributed by atoms with Crippen molar-refractivity contribution in [3.05, 3.63) is 48.5 Å². The molecule has 4 heteroatoms. The van der Waals surface area contributed by atoms with E-state index in [1.807, 2.05) is 31.2 Å². The van der Waals surface area contributed by atoms with E-state index in [9.17, 15) is 4.79 Å². The molecule has 0 fully saturated rings. The van der Waals surface area contributed by atoms with Crippen LogP contribution >= 0.6 is 0 Å². The highest BCUT2D eigenvalue weighted by atomic mass is 16.1. The van der Waals surface area contributed by atoms with Crippen molar-refractivity contribution in [1.82, 2.24) is 9.88 Å². The highest BCUT2D eigenvalue weighted by Gasteiger charge is 2.30. The second-order valence-corrected chi connectivity index (χ2v) is 5.57. The summed E-state index contributed by atoms with van der Waals surface area (Å²) in [6.07, 6.45) is 0. The van der Waals surface area contributed by atoms with E-state index in [1.165, 1.54) is 10.8 Å². The highest BCUT2D eigenvalue weighted by molar-refractivity contribution is 6.08. The molecule has 108 valence electrons. The van der Waals surface area contributed by atoms with Crippen LogP contribution in [0.25, 0.3) is 21.8 Å². The number of nitrogens with two attached hydrogens (primary N) is 1. The van der Waals surface area contributed by atoms with Gasteiger partial charge in [0.15, 0.2) is 0 Å². The van der Waals surface area contributed by atoms with Crippen LogP contribution in [-0.2, 0) is 11.3 Å². The topological polar surface area (TPSA) is 60.1 Å². The van der Waals surface area contributed by atoms with Gasteiger partial charge in [-0.25, -0.2) is 0 Å². The van der Waals surface area contributed by atoms with E-state index in [0.29, 0.717) is 6.54 Å². The summed E-state index contributed by atoms with van der Waals surface area (Å²) in [5.74, 6) is -0.355. The van der Waals surface area contributed by atoms with Gasteiger partial charge in [0.25, 0.3) is 0 Å². The number of carbonyl (C=O) groups is 1. The lowest BCUT2D eigenvalue weighted by molar-refractivity contribution is -0.124. The van der Waals surface area contributed by atoms with E-state index in [2.05, 4.69) is 34.1 Å². The molecule has 1 heterocycles. The summed E-state index contributed by atoms with van der Waals surface area (Å²) in [4.78, 5) is 11.8. The largest absolute Gasteiger partial charge is 0.368 e. The highest BCUT2D eigenvalue weighted by Crippen LogP contribution is 2.29. The first-order valence-electron chi connectivity index (χ1n) is 7.01. The Morgan fingerprint density at radius 2 is 1.57 bits per heavy atom. The first kappa shape index (κ1) is 13.6. The number of nitrogens with one attached hydrogen (secondary N) is 1. The van der Waals surface area contributed by atoms with Gasteiger partial charge < -0.3 is 15.6 Å². The van der Waals surface area contributed by atoms with E-state index >= 15 is 0 Å². The van der Waals surface area contributed by atoms with Crippen LogP contribution in [0.4, 0.5) is 0 Å². The van der Waals surface area contributed by atoms with Gasteiger partial charge in [-0.3, -0.25) is 4.79 Å². The summed E-state index contributed by atoms with van der Waals surface area (Å²) in [5, 5.41) is 5.43. The predicted octanol–water partition coefficient (Wildman–Crippen LogP) is 2.26. The average molecular weight is 281 g/mol. The number of hydrogen-bond donors (Lipinski definition) is 2. The van der Waals surface area contributed by atoms with Gasteiger partial charge in [-0.05, 0) is 26.1 Å². The van der Waals surface area contributed by atoms with Gasteiger partial charge in [-0.15, -0.1) is 0 Å². The second-order valence-electron chi connectivity index (χ2n) is 5.57. The van der Waals surface area contributed by atoms with E-state index in [-0.39, 0.29) is 5.91 Å². The van der Waals surface area contributed by atoms with Crippen LogP contribution < -0.4 is 11.1 Å². The van der Waals surface area contributed by atoms with Crippen LogP contribution in [0.2, 0.25) is 0 Å². The summed E-state index contributed by atoms with van der Waals surface area (Å²) in [7, 11) is 1.76. The van der Waals surface area contributed by atoms with Gasteiger partial charge in [0.1, 0.15) is 5.54 Å². The molecule has 4 nitrogen and oxygen atoms in total. The van der Waals surface area contributed by atoms with Crippen LogP contribution in [0.15, 0.2) is 48.5 Å². The Bertz CT molecular complexity index is 768. The average Bonchev–Trinajstić information content (AvgIpc) is 2.82. The van der Waals surface area contributed by atoms with Crippen molar-refractivity contribution >= 4 is 27.7 Å². The van der Waals surface area contributed by atoms with E-state index in [0.717, 1.165) is 11.0 Å². The van der Waals surface area contributed by atoms with Gasteiger partial charge in [0.2, 0.25) is 5.91 Å². The third kappa shape index (κ3) is 2.08. The predicted molar refractivity (Wildman–Crippen MR) is 86.1 cm³/mol. The van der Waals surface area contributed by atoms with Crippen molar-refractivity contribution in [3.63, 3.8) is 0 Å². The fraction of sp³-hybridized carbons (Fsp3) is 0.235. The number of hydrogen-bond acceptors (Lipinski definition) is 2. The maximum Gasteiger partial charge on any atom is 0.239 e. The number of rotatable bonds is 4. The normalized spacial score (nSPS) is 14.4. The van der Waals surface area contributed by atoms with E-state index in [4.69, 9.17) is 5.73 Å². The summed E-state index contributed by atoms with van der Waals surface area (Å²) in [6.45, 7) is 2.33. The number of fused-ring (bicyclic) bond motifs is 3. The SMILES string of the molecule is CNC(C)(Cn1c2ccccc2c2ccccc21)C(N)=O. The molecule has 0 spiro atoms. The molecule has 1 unspecified atom stereocenters. The molecular formula is C17H19N3O. The van der Waals surface area contributed by atoms with Crippen molar-refractivity contribution in [1.29, 1.82) is 0 Å². The Balaban J connectivity index is 2.27. The molecule has 0 saturated heterocycles. The number of carbonyl (C=O) groups excluding carboxylic acids is 1. The molecule has 0 aliphatic rings. The molecule has 0 radical (unpaired) electrons. The molecule has 3 N–H and O–H groups in total. The Morgan fingerprint density at radius 3 is 2.00 bits per heavy atom. The van der Waals surface area contributed by atoms with E-state index < -0.39 is 5.54 Å². The number of aromatic nitrogens is 1. The minimum Gasteiger partial charge on any atom is -0.368 e. The molecule has 2 aromatic carbocycles. The lowest BCUT2D eigenvalue weighted by atomic mass is 10.0. The zero-order valence-corrected chi connectivity index (χ0v) is 12.3. The molecule has 0 aliphatic carbocycles. The van der Waals surface area contributed by atoms with Crippen molar-refractivity contribution in [2.45, 2.75) is 19.0 Å². The van der Waals surface area contributed by atoms with Gasteiger partial charge in [-0.1, -0.05) is 36.4 Å². The summed E-state index contributed by atoms with van der Waals surface area (Å²) in [5.41, 5.74) is 7.01. The lowest BCUT2D eigenvalue weighted by Crippen LogP contribution is -2.54. The molecule has 21 heavy (non-hydrogen) atoms. The first-order chi connectivity index (χ1) is 10.1. The molecular weight excluding hydrogens is 262 g/mol. The van der Waals surface area contributed by atoms with E-state index in [1.54, 1.807) is 7.05 Å². The van der Waals surface area contributed by atoms with Gasteiger partial charge in [0.05, 0.1) is 6.54 Å². The van der Waals surface area contributed by atoms with Crippen molar-refractivity contribution < 1.29 is 4.79 Å². The summed E-state index contributed by atoms with van der Waals surface area (Å²) < 4.78 is 2.16.